The predicted molar refractivity (Wildman–Crippen MR) is 74.6 cm³/mol. The van der Waals surface area contributed by atoms with Gasteiger partial charge in [0.1, 0.15) is 12.4 Å². The van der Waals surface area contributed by atoms with Gasteiger partial charge < -0.3 is 4.74 Å². The van der Waals surface area contributed by atoms with Crippen LogP contribution >= 0.6 is 0 Å². The number of carbonyl (C=O) groups excluding carboxylic acids is 1. The number of hydrogen-bond donors (Lipinski definition) is 0. The van der Waals surface area contributed by atoms with Gasteiger partial charge in [0.2, 0.25) is 0 Å². The van der Waals surface area contributed by atoms with E-state index in [2.05, 4.69) is 6.92 Å². The Bertz CT molecular complexity index is 629. The zero-order valence-electron chi connectivity index (χ0n) is 11.0. The molecule has 0 N–H and O–H groups in total. The van der Waals surface area contributed by atoms with Crippen molar-refractivity contribution >= 4 is 5.78 Å². The Morgan fingerprint density at radius 2 is 1.95 bits per heavy atom. The number of ether oxygens (including phenoxy) is 1. The van der Waals surface area contributed by atoms with Crippen molar-refractivity contribution in [2.75, 3.05) is 0 Å². The van der Waals surface area contributed by atoms with E-state index in [4.69, 9.17) is 4.74 Å². The van der Waals surface area contributed by atoms with Crippen LogP contribution in [0, 0.1) is 0 Å². The van der Waals surface area contributed by atoms with Crippen LogP contribution in [-0.2, 0) is 13.0 Å². The third kappa shape index (κ3) is 2.14. The molecule has 0 aromatic heterocycles. The van der Waals surface area contributed by atoms with E-state index in [-0.39, 0.29) is 5.78 Å². The molecule has 0 amide bonds. The Labute approximate surface area is 113 Å². The van der Waals surface area contributed by atoms with Gasteiger partial charge in [-0.3, -0.25) is 4.79 Å². The van der Waals surface area contributed by atoms with Crippen molar-refractivity contribution in [2.24, 2.45) is 0 Å². The molecule has 0 aliphatic carbocycles. The molecule has 2 nitrogen and oxygen atoms in total. The molecule has 2 aromatic carbocycles. The highest BCUT2D eigenvalue weighted by Gasteiger charge is 2.21. The first-order valence-electron chi connectivity index (χ1n) is 6.68. The summed E-state index contributed by atoms with van der Waals surface area (Å²) >= 11 is 0. The normalized spacial score (nSPS) is 13.2. The van der Waals surface area contributed by atoms with Crippen molar-refractivity contribution < 1.29 is 9.53 Å². The highest BCUT2D eigenvalue weighted by atomic mass is 16.5. The third-order valence-electron chi connectivity index (χ3n) is 3.47. The zero-order valence-corrected chi connectivity index (χ0v) is 11.0. The maximum atomic E-state index is 12.5. The zero-order chi connectivity index (χ0) is 13.2. The fourth-order valence-electron chi connectivity index (χ4n) is 2.49. The van der Waals surface area contributed by atoms with E-state index in [1.54, 1.807) is 0 Å². The molecule has 1 heterocycles. The molecule has 0 atom stereocenters. The van der Waals surface area contributed by atoms with E-state index in [1.165, 1.54) is 5.56 Å². The highest BCUT2D eigenvalue weighted by molar-refractivity contribution is 6.12. The van der Waals surface area contributed by atoms with Crippen LogP contribution in [0.5, 0.6) is 5.75 Å². The Morgan fingerprint density at radius 1 is 1.11 bits per heavy atom. The van der Waals surface area contributed by atoms with E-state index >= 15 is 0 Å². The molecular formula is C17H16O2. The molecule has 0 radical (unpaired) electrons. The summed E-state index contributed by atoms with van der Waals surface area (Å²) in [5, 5.41) is 0. The molecule has 0 unspecified atom stereocenters. The minimum absolute atomic E-state index is 0.0612. The van der Waals surface area contributed by atoms with Crippen LogP contribution < -0.4 is 4.74 Å². The summed E-state index contributed by atoms with van der Waals surface area (Å²) in [5.41, 5.74) is 3.61. The monoisotopic (exact) mass is 252 g/mol. The molecule has 0 spiro atoms. The van der Waals surface area contributed by atoms with Crippen molar-refractivity contribution in [1.82, 2.24) is 0 Å². The SMILES string of the molecule is CCCc1ccc2c(c1)OCc1ccccc1C2=O. The maximum absolute atomic E-state index is 12.5. The maximum Gasteiger partial charge on any atom is 0.197 e. The predicted octanol–water partition coefficient (Wildman–Crippen LogP) is 3.76. The molecule has 3 rings (SSSR count). The number of ketones is 1. The minimum Gasteiger partial charge on any atom is -0.488 e. The van der Waals surface area contributed by atoms with Crippen LogP contribution in [0.25, 0.3) is 0 Å². The van der Waals surface area contributed by atoms with Crippen LogP contribution in [0.4, 0.5) is 0 Å². The molecule has 2 heteroatoms. The van der Waals surface area contributed by atoms with Crippen LogP contribution in [0.15, 0.2) is 42.5 Å². The lowest BCUT2D eigenvalue weighted by Gasteiger charge is -2.08. The molecule has 2 aromatic rings. The minimum atomic E-state index is 0.0612. The average molecular weight is 252 g/mol. The number of aryl methyl sites for hydroxylation is 1. The number of benzene rings is 2. The van der Waals surface area contributed by atoms with Gasteiger partial charge in [0.05, 0.1) is 5.56 Å². The van der Waals surface area contributed by atoms with Gasteiger partial charge in [-0.2, -0.15) is 0 Å². The van der Waals surface area contributed by atoms with Gasteiger partial charge in [-0.1, -0.05) is 43.7 Å². The van der Waals surface area contributed by atoms with Gasteiger partial charge in [0.25, 0.3) is 0 Å². The summed E-state index contributed by atoms with van der Waals surface area (Å²) in [5.74, 6) is 0.776. The van der Waals surface area contributed by atoms with E-state index in [1.807, 2.05) is 42.5 Å². The van der Waals surface area contributed by atoms with Crippen LogP contribution in [0.1, 0.15) is 40.4 Å². The lowest BCUT2D eigenvalue weighted by Crippen LogP contribution is -2.02. The molecule has 0 bridgehead atoms. The summed E-state index contributed by atoms with van der Waals surface area (Å²) in [6.07, 6.45) is 2.10. The molecule has 0 fully saturated rings. The van der Waals surface area contributed by atoms with Crippen molar-refractivity contribution in [3.05, 3.63) is 64.7 Å². The second kappa shape index (κ2) is 4.88. The second-order valence-corrected chi connectivity index (χ2v) is 4.86. The lowest BCUT2D eigenvalue weighted by molar-refractivity contribution is 0.103. The summed E-state index contributed by atoms with van der Waals surface area (Å²) in [6.45, 7) is 2.61. The summed E-state index contributed by atoms with van der Waals surface area (Å²) < 4.78 is 5.81. The second-order valence-electron chi connectivity index (χ2n) is 4.86. The van der Waals surface area contributed by atoms with Gasteiger partial charge in [-0.25, -0.2) is 0 Å². The first kappa shape index (κ1) is 12.0. The Morgan fingerprint density at radius 3 is 2.79 bits per heavy atom. The fourth-order valence-corrected chi connectivity index (χ4v) is 2.49. The van der Waals surface area contributed by atoms with Gasteiger partial charge in [0.15, 0.2) is 5.78 Å². The number of hydrogen-bond acceptors (Lipinski definition) is 2. The molecule has 0 saturated carbocycles. The lowest BCUT2D eigenvalue weighted by atomic mass is 9.98. The van der Waals surface area contributed by atoms with Crippen LogP contribution in [0.2, 0.25) is 0 Å². The Hall–Kier alpha value is -2.09. The van der Waals surface area contributed by atoms with E-state index in [0.717, 1.165) is 24.0 Å². The largest absolute Gasteiger partial charge is 0.488 e. The highest BCUT2D eigenvalue weighted by Crippen LogP contribution is 2.29. The van der Waals surface area contributed by atoms with Gasteiger partial charge in [-0.15, -0.1) is 0 Å². The first-order valence-corrected chi connectivity index (χ1v) is 6.68. The van der Waals surface area contributed by atoms with Crippen LogP contribution in [0.3, 0.4) is 0 Å². The standard InChI is InChI=1S/C17H16O2/c1-2-5-12-8-9-15-16(10-12)19-11-13-6-3-4-7-14(13)17(15)18/h3-4,6-10H,2,5,11H2,1H3. The molecule has 0 saturated heterocycles. The average Bonchev–Trinajstić information content (AvgIpc) is 2.58. The van der Waals surface area contributed by atoms with Crippen molar-refractivity contribution in [3.8, 4) is 5.75 Å². The smallest absolute Gasteiger partial charge is 0.197 e. The molecule has 1 aliphatic heterocycles. The van der Waals surface area contributed by atoms with Gasteiger partial charge >= 0.3 is 0 Å². The number of fused-ring (bicyclic) bond motifs is 2. The quantitative estimate of drug-likeness (QED) is 0.813. The topological polar surface area (TPSA) is 26.3 Å². The Balaban J connectivity index is 2.07. The van der Waals surface area contributed by atoms with Crippen molar-refractivity contribution in [2.45, 2.75) is 26.4 Å². The fraction of sp³-hybridized carbons (Fsp3) is 0.235. The number of rotatable bonds is 2. The van der Waals surface area contributed by atoms with Gasteiger partial charge in [-0.05, 0) is 24.1 Å². The van der Waals surface area contributed by atoms with Crippen molar-refractivity contribution in [1.29, 1.82) is 0 Å². The molecule has 1 aliphatic rings. The van der Waals surface area contributed by atoms with E-state index in [9.17, 15) is 4.79 Å². The van der Waals surface area contributed by atoms with E-state index in [0.29, 0.717) is 17.9 Å². The molecule has 96 valence electrons. The molecule has 19 heavy (non-hydrogen) atoms. The van der Waals surface area contributed by atoms with Crippen molar-refractivity contribution in [3.63, 3.8) is 0 Å². The third-order valence-corrected chi connectivity index (χ3v) is 3.47. The number of carbonyl (C=O) groups is 1. The molecular weight excluding hydrogens is 236 g/mol. The Kier molecular flexibility index (Phi) is 3.08. The summed E-state index contributed by atoms with van der Waals surface area (Å²) in [6, 6.07) is 13.6. The van der Waals surface area contributed by atoms with E-state index < -0.39 is 0 Å². The first-order chi connectivity index (χ1) is 9.29. The van der Waals surface area contributed by atoms with Gasteiger partial charge in [0, 0.05) is 11.1 Å². The summed E-state index contributed by atoms with van der Waals surface area (Å²) in [4.78, 5) is 12.5. The summed E-state index contributed by atoms with van der Waals surface area (Å²) in [7, 11) is 0. The van der Waals surface area contributed by atoms with Crippen LogP contribution in [-0.4, -0.2) is 5.78 Å².